The first-order valence-corrected chi connectivity index (χ1v) is 7.77. The fourth-order valence-electron chi connectivity index (χ4n) is 2.60. The van der Waals surface area contributed by atoms with Crippen molar-refractivity contribution in [2.75, 3.05) is 0 Å². The van der Waals surface area contributed by atoms with E-state index in [1.54, 1.807) is 12.1 Å². The van der Waals surface area contributed by atoms with Crippen molar-refractivity contribution in [2.45, 2.75) is 42.4 Å². The molecule has 0 unspecified atom stereocenters. The quantitative estimate of drug-likeness (QED) is 0.871. The normalized spacial score (nSPS) is 16.4. The third-order valence-corrected chi connectivity index (χ3v) is 5.03. The molecule has 2 aromatic rings. The number of nitrogens with zero attached hydrogens (tertiary/aromatic N) is 2. The van der Waals surface area contributed by atoms with Gasteiger partial charge in [0.05, 0.1) is 11.1 Å². The van der Waals surface area contributed by atoms with E-state index in [0.29, 0.717) is 10.8 Å². The number of aromatic nitrogens is 2. The third-order valence-electron chi connectivity index (χ3n) is 3.68. The molecule has 1 aliphatic carbocycles. The van der Waals surface area contributed by atoms with E-state index in [2.05, 4.69) is 9.97 Å². The Morgan fingerprint density at radius 3 is 2.75 bits per heavy atom. The highest BCUT2D eigenvalue weighted by Gasteiger charge is 2.17. The summed E-state index contributed by atoms with van der Waals surface area (Å²) in [4.78, 5) is 19.6. The molecule has 0 amide bonds. The highest BCUT2D eigenvalue weighted by molar-refractivity contribution is 8.00. The first kappa shape index (κ1) is 13.4. The van der Waals surface area contributed by atoms with E-state index in [1.165, 1.54) is 38.4 Å². The van der Waals surface area contributed by atoms with Crippen LogP contribution in [0, 0.1) is 0 Å². The molecule has 0 radical (unpaired) electrons. The fraction of sp³-hybridized carbons (Fsp3) is 0.400. The van der Waals surface area contributed by atoms with E-state index in [4.69, 9.17) is 5.11 Å². The molecule has 1 aliphatic rings. The van der Waals surface area contributed by atoms with Gasteiger partial charge in [-0.3, -0.25) is 0 Å². The minimum Gasteiger partial charge on any atom is -0.478 e. The van der Waals surface area contributed by atoms with Crippen LogP contribution in [0.2, 0.25) is 0 Å². The van der Waals surface area contributed by atoms with Crippen molar-refractivity contribution in [1.82, 2.24) is 9.97 Å². The zero-order valence-electron chi connectivity index (χ0n) is 11.1. The van der Waals surface area contributed by atoms with Gasteiger partial charge in [-0.25, -0.2) is 14.8 Å². The van der Waals surface area contributed by atoms with Gasteiger partial charge in [0.15, 0.2) is 0 Å². The van der Waals surface area contributed by atoms with Gasteiger partial charge in [0.2, 0.25) is 0 Å². The Labute approximate surface area is 121 Å². The predicted octanol–water partition coefficient (Wildman–Crippen LogP) is 3.75. The second-order valence-electron chi connectivity index (χ2n) is 5.09. The molecule has 104 valence electrons. The summed E-state index contributed by atoms with van der Waals surface area (Å²) in [6.07, 6.45) is 7.93. The van der Waals surface area contributed by atoms with Crippen LogP contribution in [-0.2, 0) is 0 Å². The van der Waals surface area contributed by atoms with Crippen LogP contribution in [0.4, 0.5) is 0 Å². The lowest BCUT2D eigenvalue weighted by Crippen LogP contribution is -2.08. The van der Waals surface area contributed by atoms with Crippen molar-refractivity contribution in [2.24, 2.45) is 0 Å². The number of rotatable bonds is 3. The average molecular weight is 288 g/mol. The number of aromatic carboxylic acids is 1. The van der Waals surface area contributed by atoms with Crippen LogP contribution < -0.4 is 0 Å². The van der Waals surface area contributed by atoms with E-state index in [1.807, 2.05) is 17.8 Å². The molecule has 1 heterocycles. The minimum atomic E-state index is -0.924. The second kappa shape index (κ2) is 5.79. The molecule has 0 spiro atoms. The lowest BCUT2D eigenvalue weighted by atomic mass is 10.0. The van der Waals surface area contributed by atoms with E-state index in [9.17, 15) is 4.79 Å². The van der Waals surface area contributed by atoms with Gasteiger partial charge in [0.1, 0.15) is 11.4 Å². The number of thioether (sulfide) groups is 1. The Balaban J connectivity index is 1.92. The predicted molar refractivity (Wildman–Crippen MR) is 79.2 cm³/mol. The van der Waals surface area contributed by atoms with E-state index in [-0.39, 0.29) is 5.56 Å². The number of carbonyl (C=O) groups is 1. The van der Waals surface area contributed by atoms with Crippen molar-refractivity contribution in [3.63, 3.8) is 0 Å². The molecular weight excluding hydrogens is 272 g/mol. The van der Waals surface area contributed by atoms with Crippen molar-refractivity contribution in [3.05, 3.63) is 30.1 Å². The molecule has 1 N–H and O–H groups in total. The van der Waals surface area contributed by atoms with Crippen LogP contribution in [-0.4, -0.2) is 26.3 Å². The summed E-state index contributed by atoms with van der Waals surface area (Å²) >= 11 is 1.81. The molecule has 20 heavy (non-hydrogen) atoms. The van der Waals surface area contributed by atoms with Crippen molar-refractivity contribution in [3.8, 4) is 0 Å². The summed E-state index contributed by atoms with van der Waals surface area (Å²) in [5.41, 5.74) is 0.975. The first-order valence-electron chi connectivity index (χ1n) is 6.89. The number of carboxylic acids is 1. The number of hydrogen-bond acceptors (Lipinski definition) is 4. The molecule has 1 aromatic heterocycles. The van der Waals surface area contributed by atoms with Crippen LogP contribution in [0.3, 0.4) is 0 Å². The zero-order chi connectivity index (χ0) is 13.9. The molecule has 1 fully saturated rings. The zero-order valence-corrected chi connectivity index (χ0v) is 11.9. The van der Waals surface area contributed by atoms with Crippen molar-refractivity contribution in [1.29, 1.82) is 0 Å². The summed E-state index contributed by atoms with van der Waals surface area (Å²) in [6, 6.07) is 5.06. The Morgan fingerprint density at radius 2 is 2.00 bits per heavy atom. The molecule has 0 atom stereocenters. The standard InChI is InChI=1S/C15H16N2O2S/c18-15(19)10-6-7-12-13(8-10)16-9-17-14(12)20-11-4-2-1-3-5-11/h6-9,11H,1-5H2,(H,18,19). The molecule has 0 aliphatic heterocycles. The van der Waals surface area contributed by atoms with Gasteiger partial charge in [-0.1, -0.05) is 19.3 Å². The summed E-state index contributed by atoms with van der Waals surface area (Å²) < 4.78 is 0. The van der Waals surface area contributed by atoms with E-state index in [0.717, 1.165) is 10.4 Å². The average Bonchev–Trinajstić information content (AvgIpc) is 2.48. The molecule has 1 aromatic carbocycles. The van der Waals surface area contributed by atoms with Gasteiger partial charge < -0.3 is 5.11 Å². The van der Waals surface area contributed by atoms with Crippen LogP contribution in [0.25, 0.3) is 10.9 Å². The monoisotopic (exact) mass is 288 g/mol. The molecule has 0 saturated heterocycles. The van der Waals surface area contributed by atoms with Crippen LogP contribution in [0.15, 0.2) is 29.6 Å². The summed E-state index contributed by atoms with van der Waals surface area (Å²) in [7, 11) is 0. The maximum absolute atomic E-state index is 11.0. The molecule has 0 bridgehead atoms. The lowest BCUT2D eigenvalue weighted by molar-refractivity contribution is 0.0697. The molecular formula is C15H16N2O2S. The van der Waals surface area contributed by atoms with Crippen LogP contribution in [0.5, 0.6) is 0 Å². The van der Waals surface area contributed by atoms with Gasteiger partial charge >= 0.3 is 5.97 Å². The van der Waals surface area contributed by atoms with Gasteiger partial charge in [-0.05, 0) is 31.0 Å². The van der Waals surface area contributed by atoms with E-state index < -0.39 is 5.97 Å². The van der Waals surface area contributed by atoms with Gasteiger partial charge in [0, 0.05) is 10.6 Å². The van der Waals surface area contributed by atoms with Crippen LogP contribution in [0.1, 0.15) is 42.5 Å². The fourth-order valence-corrected chi connectivity index (χ4v) is 3.89. The molecule has 5 heteroatoms. The van der Waals surface area contributed by atoms with Crippen molar-refractivity contribution < 1.29 is 9.90 Å². The third kappa shape index (κ3) is 2.77. The minimum absolute atomic E-state index is 0.268. The highest BCUT2D eigenvalue weighted by Crippen LogP contribution is 2.35. The maximum Gasteiger partial charge on any atom is 0.335 e. The van der Waals surface area contributed by atoms with Crippen molar-refractivity contribution >= 4 is 28.6 Å². The SMILES string of the molecule is O=C(O)c1ccc2c(SC3CCCCC3)ncnc2c1. The van der Waals surface area contributed by atoms with Gasteiger partial charge in [0.25, 0.3) is 0 Å². The summed E-state index contributed by atoms with van der Waals surface area (Å²) in [5, 5.41) is 11.6. The summed E-state index contributed by atoms with van der Waals surface area (Å²) in [6.45, 7) is 0. The van der Waals surface area contributed by atoms with Gasteiger partial charge in [-0.2, -0.15) is 0 Å². The van der Waals surface area contributed by atoms with Crippen LogP contribution >= 0.6 is 11.8 Å². The topological polar surface area (TPSA) is 63.1 Å². The Kier molecular flexibility index (Phi) is 3.87. The molecule has 1 saturated carbocycles. The summed E-state index contributed by atoms with van der Waals surface area (Å²) in [5.74, 6) is -0.924. The largest absolute Gasteiger partial charge is 0.478 e. The number of benzene rings is 1. The smallest absolute Gasteiger partial charge is 0.335 e. The number of fused-ring (bicyclic) bond motifs is 1. The Bertz CT molecular complexity index is 639. The maximum atomic E-state index is 11.0. The molecule has 4 nitrogen and oxygen atoms in total. The van der Waals surface area contributed by atoms with Gasteiger partial charge in [-0.15, -0.1) is 11.8 Å². The molecule has 3 rings (SSSR count). The highest BCUT2D eigenvalue weighted by atomic mass is 32.2. The second-order valence-corrected chi connectivity index (χ2v) is 6.38. The lowest BCUT2D eigenvalue weighted by Gasteiger charge is -2.20. The Morgan fingerprint density at radius 1 is 1.20 bits per heavy atom. The number of hydrogen-bond donors (Lipinski definition) is 1. The number of carboxylic acid groups (broad SMARTS) is 1. The Hall–Kier alpha value is -1.62. The van der Waals surface area contributed by atoms with E-state index >= 15 is 0 Å². The first-order chi connectivity index (χ1) is 9.74.